The summed E-state index contributed by atoms with van der Waals surface area (Å²) in [5.74, 6) is -0.116. The van der Waals surface area contributed by atoms with Gasteiger partial charge in [-0.1, -0.05) is 6.07 Å². The maximum atomic E-state index is 12.2. The summed E-state index contributed by atoms with van der Waals surface area (Å²) in [6.07, 6.45) is 6.89. The summed E-state index contributed by atoms with van der Waals surface area (Å²) < 4.78 is 0. The fraction of sp³-hybridized carbons (Fsp3) is 0.222. The van der Waals surface area contributed by atoms with Crippen LogP contribution in [0, 0.1) is 0 Å². The molecule has 4 heterocycles. The highest BCUT2D eigenvalue weighted by Crippen LogP contribution is 2.33. The van der Waals surface area contributed by atoms with Crippen LogP contribution in [0.2, 0.25) is 0 Å². The van der Waals surface area contributed by atoms with Gasteiger partial charge >= 0.3 is 0 Å². The zero-order chi connectivity index (χ0) is 20.2. The zero-order valence-electron chi connectivity index (χ0n) is 15.3. The number of hydrogen-bond donors (Lipinski definition) is 3. The summed E-state index contributed by atoms with van der Waals surface area (Å²) in [7, 11) is 0. The number of amides is 2. The second-order valence-electron chi connectivity index (χ2n) is 6.31. The van der Waals surface area contributed by atoms with Crippen molar-refractivity contribution >= 4 is 40.6 Å². The summed E-state index contributed by atoms with van der Waals surface area (Å²) in [5.41, 5.74) is 7.12. The molecule has 1 aliphatic rings. The van der Waals surface area contributed by atoms with Crippen molar-refractivity contribution in [2.45, 2.75) is 11.7 Å². The summed E-state index contributed by atoms with van der Waals surface area (Å²) in [6, 6.07) is 5.18. The molecule has 1 aliphatic heterocycles. The predicted octanol–water partition coefficient (Wildman–Crippen LogP) is 0.817. The minimum Gasteiger partial charge on any atom is -0.365 e. The van der Waals surface area contributed by atoms with E-state index in [-0.39, 0.29) is 11.2 Å². The number of anilines is 1. The first-order valence-corrected chi connectivity index (χ1v) is 9.78. The standard InChI is InChI=1S/C18H18N8O2S/c19-15(27)13-8-26(17-14-16(23-9-22-14)24-10-25-17)7-11(29-13)4-6-21-18(28)12-3-1-2-5-20-12/h1-3,5,8-11H,4,6-7H2,(H2,19,27)(H,21,28)(H,22,23,24,25). The number of thioether (sulfide) groups is 1. The number of carbonyl (C=O) groups excluding carboxylic acids is 2. The van der Waals surface area contributed by atoms with E-state index in [2.05, 4.69) is 30.2 Å². The number of primary amides is 1. The highest BCUT2D eigenvalue weighted by Gasteiger charge is 2.26. The van der Waals surface area contributed by atoms with E-state index in [1.807, 2.05) is 4.90 Å². The minimum atomic E-state index is -0.503. The van der Waals surface area contributed by atoms with Gasteiger partial charge in [-0.15, -0.1) is 11.8 Å². The number of imidazole rings is 1. The number of H-pyrrole nitrogens is 1. The first-order chi connectivity index (χ1) is 14.1. The van der Waals surface area contributed by atoms with E-state index < -0.39 is 5.91 Å². The normalized spacial score (nSPS) is 16.5. The third-order valence-electron chi connectivity index (χ3n) is 4.33. The lowest BCUT2D eigenvalue weighted by molar-refractivity contribution is -0.113. The number of nitrogens with one attached hydrogen (secondary N) is 2. The molecular weight excluding hydrogens is 392 g/mol. The van der Waals surface area contributed by atoms with Crippen molar-refractivity contribution in [2.75, 3.05) is 18.0 Å². The molecule has 2 amide bonds. The zero-order valence-corrected chi connectivity index (χ0v) is 16.1. The van der Waals surface area contributed by atoms with Crippen LogP contribution in [0.5, 0.6) is 0 Å². The lowest BCUT2D eigenvalue weighted by Gasteiger charge is -2.30. The second-order valence-corrected chi connectivity index (χ2v) is 7.65. The highest BCUT2D eigenvalue weighted by atomic mass is 32.2. The molecule has 0 spiro atoms. The van der Waals surface area contributed by atoms with Gasteiger partial charge in [-0.2, -0.15) is 0 Å². The number of nitrogens with zero attached hydrogens (tertiary/aromatic N) is 5. The van der Waals surface area contributed by atoms with Crippen LogP contribution < -0.4 is 16.0 Å². The fourth-order valence-corrected chi connectivity index (χ4v) is 4.12. The minimum absolute atomic E-state index is 0.0273. The molecule has 4 rings (SSSR count). The molecule has 4 N–H and O–H groups in total. The van der Waals surface area contributed by atoms with Crippen LogP contribution in [0.3, 0.4) is 0 Å². The van der Waals surface area contributed by atoms with Crippen LogP contribution in [-0.2, 0) is 4.79 Å². The van der Waals surface area contributed by atoms with Crippen LogP contribution in [-0.4, -0.2) is 55.1 Å². The Morgan fingerprint density at radius 3 is 2.97 bits per heavy atom. The number of aromatic nitrogens is 5. The smallest absolute Gasteiger partial charge is 0.269 e. The van der Waals surface area contributed by atoms with Gasteiger partial charge in [-0.3, -0.25) is 14.6 Å². The van der Waals surface area contributed by atoms with Gasteiger partial charge in [0, 0.05) is 30.7 Å². The van der Waals surface area contributed by atoms with Gasteiger partial charge < -0.3 is 20.9 Å². The predicted molar refractivity (Wildman–Crippen MR) is 109 cm³/mol. The number of fused-ring (bicyclic) bond motifs is 1. The fourth-order valence-electron chi connectivity index (χ4n) is 2.98. The summed E-state index contributed by atoms with van der Waals surface area (Å²) in [6.45, 7) is 1.03. The van der Waals surface area contributed by atoms with Crippen molar-refractivity contribution in [1.82, 2.24) is 30.2 Å². The van der Waals surface area contributed by atoms with E-state index in [1.165, 1.54) is 18.1 Å². The Balaban J connectivity index is 1.46. The molecule has 3 aromatic rings. The summed E-state index contributed by atoms with van der Waals surface area (Å²) in [4.78, 5) is 45.9. The molecule has 0 aliphatic carbocycles. The van der Waals surface area contributed by atoms with Crippen molar-refractivity contribution < 1.29 is 9.59 Å². The number of carbonyl (C=O) groups is 2. The molecule has 148 valence electrons. The van der Waals surface area contributed by atoms with Crippen LogP contribution in [0.15, 0.2) is 48.2 Å². The lowest BCUT2D eigenvalue weighted by Crippen LogP contribution is -2.36. The average molecular weight is 410 g/mol. The first kappa shape index (κ1) is 18.9. The van der Waals surface area contributed by atoms with Crippen LogP contribution in [0.25, 0.3) is 11.2 Å². The van der Waals surface area contributed by atoms with Gasteiger partial charge in [0.2, 0.25) is 0 Å². The van der Waals surface area contributed by atoms with Gasteiger partial charge in [0.25, 0.3) is 11.8 Å². The molecule has 29 heavy (non-hydrogen) atoms. The monoisotopic (exact) mass is 410 g/mol. The molecule has 0 aromatic carbocycles. The van der Waals surface area contributed by atoms with Crippen LogP contribution >= 0.6 is 11.8 Å². The molecule has 1 atom stereocenters. The quantitative estimate of drug-likeness (QED) is 0.542. The molecular formula is C18H18N8O2S. The van der Waals surface area contributed by atoms with Crippen molar-refractivity contribution in [2.24, 2.45) is 5.73 Å². The van der Waals surface area contributed by atoms with E-state index in [1.54, 1.807) is 36.9 Å². The topological polar surface area (TPSA) is 143 Å². The lowest BCUT2D eigenvalue weighted by atomic mass is 10.2. The maximum absolute atomic E-state index is 12.2. The van der Waals surface area contributed by atoms with Crippen molar-refractivity contribution in [3.63, 3.8) is 0 Å². The van der Waals surface area contributed by atoms with Crippen molar-refractivity contribution in [3.05, 3.63) is 53.8 Å². The van der Waals surface area contributed by atoms with E-state index in [9.17, 15) is 9.59 Å². The van der Waals surface area contributed by atoms with Gasteiger partial charge in [0.05, 0.1) is 11.2 Å². The van der Waals surface area contributed by atoms with Crippen LogP contribution in [0.1, 0.15) is 16.9 Å². The molecule has 0 saturated heterocycles. The molecule has 1 unspecified atom stereocenters. The third kappa shape index (κ3) is 4.19. The maximum Gasteiger partial charge on any atom is 0.269 e. The Bertz CT molecular complexity index is 1070. The van der Waals surface area contributed by atoms with E-state index in [0.717, 1.165) is 0 Å². The third-order valence-corrected chi connectivity index (χ3v) is 5.61. The Morgan fingerprint density at radius 1 is 1.28 bits per heavy atom. The first-order valence-electron chi connectivity index (χ1n) is 8.90. The Morgan fingerprint density at radius 2 is 2.17 bits per heavy atom. The van der Waals surface area contributed by atoms with Crippen molar-refractivity contribution in [3.8, 4) is 0 Å². The number of nitrogens with two attached hydrogens (primary N) is 1. The number of aromatic amines is 1. The largest absolute Gasteiger partial charge is 0.365 e. The van der Waals surface area contributed by atoms with Gasteiger partial charge in [-0.25, -0.2) is 15.0 Å². The van der Waals surface area contributed by atoms with E-state index in [4.69, 9.17) is 5.73 Å². The Kier molecular flexibility index (Phi) is 5.38. The van der Waals surface area contributed by atoms with E-state index >= 15 is 0 Å². The number of rotatable bonds is 6. The van der Waals surface area contributed by atoms with Gasteiger partial charge in [-0.05, 0) is 18.6 Å². The van der Waals surface area contributed by atoms with Gasteiger partial charge in [0.15, 0.2) is 11.5 Å². The Hall–Kier alpha value is -3.47. The van der Waals surface area contributed by atoms with Crippen LogP contribution in [0.4, 0.5) is 5.82 Å². The molecule has 0 bridgehead atoms. The average Bonchev–Trinajstić information content (AvgIpc) is 3.23. The van der Waals surface area contributed by atoms with E-state index in [0.29, 0.717) is 47.1 Å². The molecule has 11 heteroatoms. The van der Waals surface area contributed by atoms with Crippen molar-refractivity contribution in [1.29, 1.82) is 0 Å². The molecule has 0 fully saturated rings. The summed E-state index contributed by atoms with van der Waals surface area (Å²) >= 11 is 1.40. The SMILES string of the molecule is NC(=O)C1=CN(c2ncnc3nc[nH]c23)CC(CCNC(=O)c2ccccn2)S1. The molecule has 0 radical (unpaired) electrons. The second kappa shape index (κ2) is 8.27. The van der Waals surface area contributed by atoms with Gasteiger partial charge in [0.1, 0.15) is 17.5 Å². The number of hydrogen-bond acceptors (Lipinski definition) is 8. The highest BCUT2D eigenvalue weighted by molar-refractivity contribution is 8.04. The Labute approximate surface area is 170 Å². The molecule has 10 nitrogen and oxygen atoms in total. The summed E-state index contributed by atoms with van der Waals surface area (Å²) in [5, 5.41) is 2.89. The molecule has 0 saturated carbocycles. The molecule has 3 aromatic heterocycles. The number of pyridine rings is 1.